The zero-order valence-corrected chi connectivity index (χ0v) is 6.21. The summed E-state index contributed by atoms with van der Waals surface area (Å²) in [7, 11) is 0. The van der Waals surface area contributed by atoms with Crippen LogP contribution in [0.5, 0.6) is 0 Å². The summed E-state index contributed by atoms with van der Waals surface area (Å²) in [4.78, 5) is 7.16. The molecule has 0 spiro atoms. The van der Waals surface area contributed by atoms with E-state index < -0.39 is 5.50 Å². The molecule has 0 amide bonds. The summed E-state index contributed by atoms with van der Waals surface area (Å²) in [5, 5.41) is 11.2. The van der Waals surface area contributed by atoms with Gasteiger partial charge in [0.25, 0.3) is 0 Å². The van der Waals surface area contributed by atoms with Crippen molar-refractivity contribution in [1.82, 2.24) is 0 Å². The van der Waals surface area contributed by atoms with Gasteiger partial charge >= 0.3 is 0 Å². The van der Waals surface area contributed by atoms with Crippen LogP contribution >= 0.6 is 23.2 Å². The van der Waals surface area contributed by atoms with Gasteiger partial charge in [-0.25, -0.2) is 9.98 Å². The number of rotatable bonds is 0. The van der Waals surface area contributed by atoms with Crippen LogP contribution in [0.2, 0.25) is 0 Å². The van der Waals surface area contributed by atoms with Crippen molar-refractivity contribution >= 4 is 40.4 Å². The lowest BCUT2D eigenvalue weighted by molar-refractivity contribution is 0.319. The highest BCUT2D eigenvalue weighted by Crippen LogP contribution is 2.08. The lowest BCUT2D eigenvalue weighted by Crippen LogP contribution is -2.22. The van der Waals surface area contributed by atoms with Gasteiger partial charge in [-0.2, -0.15) is 0 Å². The Kier molecular flexibility index (Phi) is 2.24. The Hall–Kier alpha value is -0.610. The second kappa shape index (κ2) is 2.98. The van der Waals surface area contributed by atoms with Gasteiger partial charge < -0.3 is 5.21 Å². The average Bonchev–Trinajstić information content (AvgIpc) is 1.88. The minimum absolute atomic E-state index is 0.0671. The number of hydrogen-bond donors (Lipinski definition) is 1. The van der Waals surface area contributed by atoms with E-state index in [4.69, 9.17) is 28.4 Å². The fourth-order valence-electron chi connectivity index (χ4n) is 0.466. The van der Waals surface area contributed by atoms with Gasteiger partial charge in [0.05, 0.1) is 0 Å². The standard InChI is InChI=1S/C4H3Cl2N3O/c5-3-2(9-10)4(6)8-1-7-3/h1,3,10H. The maximum absolute atomic E-state index is 8.30. The number of oxime groups is 1. The summed E-state index contributed by atoms with van der Waals surface area (Å²) >= 11 is 11.0. The Morgan fingerprint density at radius 3 is 2.80 bits per heavy atom. The zero-order chi connectivity index (χ0) is 7.56. The molecule has 0 saturated carbocycles. The number of nitrogens with zero attached hydrogens (tertiary/aromatic N) is 3. The Bertz CT molecular complexity index is 223. The number of aliphatic imine (C=N–C) groups is 2. The van der Waals surface area contributed by atoms with Crippen LogP contribution in [0.1, 0.15) is 0 Å². The van der Waals surface area contributed by atoms with E-state index in [1.165, 1.54) is 6.34 Å². The highest BCUT2D eigenvalue weighted by molar-refractivity contribution is 6.86. The summed E-state index contributed by atoms with van der Waals surface area (Å²) in [5.41, 5.74) is -0.652. The molecule has 1 rings (SSSR count). The molecule has 0 radical (unpaired) electrons. The predicted octanol–water partition coefficient (Wildman–Crippen LogP) is 1.06. The van der Waals surface area contributed by atoms with Crippen molar-refractivity contribution in [1.29, 1.82) is 0 Å². The second-order valence-corrected chi connectivity index (χ2v) is 2.28. The smallest absolute Gasteiger partial charge is 0.173 e. The first-order valence-electron chi connectivity index (χ1n) is 2.37. The minimum Gasteiger partial charge on any atom is -0.410 e. The lowest BCUT2D eigenvalue weighted by atomic mass is 10.4. The van der Waals surface area contributed by atoms with Crippen molar-refractivity contribution in [2.75, 3.05) is 0 Å². The molecule has 0 aliphatic carbocycles. The van der Waals surface area contributed by atoms with Crippen LogP contribution in [0.15, 0.2) is 15.1 Å². The van der Waals surface area contributed by atoms with Crippen LogP contribution in [-0.2, 0) is 0 Å². The van der Waals surface area contributed by atoms with Gasteiger partial charge in [0.15, 0.2) is 16.4 Å². The van der Waals surface area contributed by atoms with Gasteiger partial charge in [-0.15, -0.1) is 0 Å². The Labute approximate surface area is 66.9 Å². The molecule has 0 aromatic carbocycles. The molecule has 1 heterocycles. The van der Waals surface area contributed by atoms with Gasteiger partial charge in [-0.3, -0.25) is 0 Å². The molecule has 0 aromatic heterocycles. The molecular weight excluding hydrogens is 177 g/mol. The maximum Gasteiger partial charge on any atom is 0.173 e. The van der Waals surface area contributed by atoms with Gasteiger partial charge in [0.1, 0.15) is 6.34 Å². The van der Waals surface area contributed by atoms with Crippen LogP contribution in [0.3, 0.4) is 0 Å². The molecular formula is C4H3Cl2N3O. The van der Waals surface area contributed by atoms with Gasteiger partial charge in [0, 0.05) is 0 Å². The molecule has 4 nitrogen and oxygen atoms in total. The predicted molar refractivity (Wildman–Crippen MR) is 40.6 cm³/mol. The van der Waals surface area contributed by atoms with Gasteiger partial charge in [-0.05, 0) is 0 Å². The Morgan fingerprint density at radius 1 is 1.70 bits per heavy atom. The third-order valence-corrected chi connectivity index (χ3v) is 1.52. The third kappa shape index (κ3) is 1.27. The molecule has 6 heteroatoms. The fraction of sp³-hybridized carbons (Fsp3) is 0.250. The van der Waals surface area contributed by atoms with Gasteiger partial charge in [0.2, 0.25) is 0 Å². The molecule has 10 heavy (non-hydrogen) atoms. The summed E-state index contributed by atoms with van der Waals surface area (Å²) in [6.07, 6.45) is 1.22. The SMILES string of the molecule is ON=C1C(Cl)=NC=NC1Cl. The molecule has 1 unspecified atom stereocenters. The van der Waals surface area contributed by atoms with Crippen molar-refractivity contribution in [2.24, 2.45) is 15.1 Å². The zero-order valence-electron chi connectivity index (χ0n) is 4.70. The van der Waals surface area contributed by atoms with Crippen LogP contribution in [-0.4, -0.2) is 27.9 Å². The highest BCUT2D eigenvalue weighted by atomic mass is 35.5. The molecule has 0 fully saturated rings. The van der Waals surface area contributed by atoms with Crippen LogP contribution < -0.4 is 0 Å². The number of alkyl halides is 1. The summed E-state index contributed by atoms with van der Waals surface area (Å²) in [5.74, 6) is 0. The van der Waals surface area contributed by atoms with Gasteiger partial charge in [-0.1, -0.05) is 28.4 Å². The van der Waals surface area contributed by atoms with Crippen LogP contribution in [0.4, 0.5) is 0 Å². The van der Waals surface area contributed by atoms with Crippen molar-refractivity contribution in [3.05, 3.63) is 0 Å². The number of halogens is 2. The van der Waals surface area contributed by atoms with Crippen LogP contribution in [0.25, 0.3) is 0 Å². The first kappa shape index (κ1) is 7.50. The van der Waals surface area contributed by atoms with Crippen molar-refractivity contribution in [3.63, 3.8) is 0 Å². The van der Waals surface area contributed by atoms with Crippen LogP contribution in [0, 0.1) is 0 Å². The number of hydrogen-bond acceptors (Lipinski definition) is 4. The molecule has 0 aromatic rings. The average molecular weight is 180 g/mol. The first-order chi connectivity index (χ1) is 4.75. The molecule has 1 aliphatic rings. The highest BCUT2D eigenvalue weighted by Gasteiger charge is 2.19. The second-order valence-electron chi connectivity index (χ2n) is 1.51. The first-order valence-corrected chi connectivity index (χ1v) is 3.18. The van der Waals surface area contributed by atoms with E-state index >= 15 is 0 Å². The monoisotopic (exact) mass is 179 g/mol. The Balaban J connectivity index is 2.93. The molecule has 54 valence electrons. The van der Waals surface area contributed by atoms with E-state index in [1.807, 2.05) is 0 Å². The summed E-state index contributed by atoms with van der Waals surface area (Å²) in [6, 6.07) is 0. The van der Waals surface area contributed by atoms with E-state index in [0.717, 1.165) is 0 Å². The quantitative estimate of drug-likeness (QED) is 0.257. The molecule has 0 bridgehead atoms. The molecule has 1 atom stereocenters. The topological polar surface area (TPSA) is 57.3 Å². The summed E-state index contributed by atoms with van der Waals surface area (Å²) in [6.45, 7) is 0. The molecule has 1 N–H and O–H groups in total. The third-order valence-electron chi connectivity index (χ3n) is 0.913. The largest absolute Gasteiger partial charge is 0.410 e. The van der Waals surface area contributed by atoms with E-state index in [9.17, 15) is 0 Å². The van der Waals surface area contributed by atoms with Crippen molar-refractivity contribution in [3.8, 4) is 0 Å². The molecule has 1 aliphatic heterocycles. The normalized spacial score (nSPS) is 28.8. The molecule has 0 saturated heterocycles. The fourth-order valence-corrected chi connectivity index (χ4v) is 0.904. The van der Waals surface area contributed by atoms with Crippen molar-refractivity contribution in [2.45, 2.75) is 5.50 Å². The summed E-state index contributed by atoms with van der Waals surface area (Å²) < 4.78 is 0. The minimum atomic E-state index is -0.727. The maximum atomic E-state index is 8.30. The van der Waals surface area contributed by atoms with E-state index in [-0.39, 0.29) is 10.9 Å². The van der Waals surface area contributed by atoms with E-state index in [1.54, 1.807) is 0 Å². The Morgan fingerprint density at radius 2 is 2.40 bits per heavy atom. The van der Waals surface area contributed by atoms with E-state index in [0.29, 0.717) is 0 Å². The lowest BCUT2D eigenvalue weighted by Gasteiger charge is -2.06. The van der Waals surface area contributed by atoms with Crippen molar-refractivity contribution < 1.29 is 5.21 Å². The van der Waals surface area contributed by atoms with E-state index in [2.05, 4.69) is 15.1 Å².